The lowest BCUT2D eigenvalue weighted by atomic mass is 10.1. The van der Waals surface area contributed by atoms with Gasteiger partial charge in [-0.15, -0.1) is 0 Å². The second kappa shape index (κ2) is 9.39. The highest BCUT2D eigenvalue weighted by Crippen LogP contribution is 2.26. The van der Waals surface area contributed by atoms with E-state index in [2.05, 4.69) is 9.62 Å². The molecule has 1 aromatic rings. The molecule has 1 heterocycles. The summed E-state index contributed by atoms with van der Waals surface area (Å²) in [6.07, 6.45) is 3.94. The van der Waals surface area contributed by atoms with Crippen LogP contribution in [-0.4, -0.2) is 45.3 Å². The Morgan fingerprint density at radius 3 is 2.42 bits per heavy atom. The zero-order valence-corrected chi connectivity index (χ0v) is 15.6. The molecule has 1 fully saturated rings. The molecule has 2 rings (SSSR count). The van der Waals surface area contributed by atoms with Crippen LogP contribution < -0.4 is 9.46 Å². The Bertz CT molecular complexity index is 581. The molecule has 1 aliphatic heterocycles. The average Bonchev–Trinajstić information content (AvgIpc) is 3.09. The molecule has 0 aromatic heterocycles. The van der Waals surface area contributed by atoms with Gasteiger partial charge in [-0.25, -0.2) is 13.1 Å². The van der Waals surface area contributed by atoms with E-state index in [4.69, 9.17) is 4.74 Å². The number of unbranched alkanes of at least 4 members (excludes halogenated alkanes) is 1. The van der Waals surface area contributed by atoms with Crippen molar-refractivity contribution in [2.75, 3.05) is 32.0 Å². The number of benzene rings is 1. The highest BCUT2D eigenvalue weighted by molar-refractivity contribution is 7.89. The van der Waals surface area contributed by atoms with Crippen molar-refractivity contribution in [3.8, 4) is 5.75 Å². The van der Waals surface area contributed by atoms with Gasteiger partial charge in [-0.1, -0.05) is 25.5 Å². The standard InChI is InChI=1S/C18H30N2O3S/c1-3-5-14-24(21,22)19-15-18(20-12-6-7-13-20)16-8-10-17(11-9-16)23-4-2/h8-11,18-19H,3-7,12-15H2,1-2H3. The van der Waals surface area contributed by atoms with Crippen molar-refractivity contribution >= 4 is 10.0 Å². The third-order valence-corrected chi connectivity index (χ3v) is 5.85. The average molecular weight is 355 g/mol. The predicted molar refractivity (Wildman–Crippen MR) is 97.9 cm³/mol. The molecule has 1 N–H and O–H groups in total. The second-order valence-electron chi connectivity index (χ2n) is 6.28. The summed E-state index contributed by atoms with van der Waals surface area (Å²) in [7, 11) is -3.19. The molecule has 1 aromatic carbocycles. The molecule has 5 nitrogen and oxygen atoms in total. The van der Waals surface area contributed by atoms with Crippen LogP contribution in [0.4, 0.5) is 0 Å². The molecule has 0 bridgehead atoms. The Labute approximate surface area is 146 Å². The van der Waals surface area contributed by atoms with Crippen LogP contribution in [0.15, 0.2) is 24.3 Å². The molecule has 136 valence electrons. The lowest BCUT2D eigenvalue weighted by Crippen LogP contribution is -2.37. The third kappa shape index (κ3) is 5.76. The Morgan fingerprint density at radius 2 is 1.83 bits per heavy atom. The number of sulfonamides is 1. The first-order valence-electron chi connectivity index (χ1n) is 9.00. The van der Waals surface area contributed by atoms with Crippen LogP contribution in [0.2, 0.25) is 0 Å². The van der Waals surface area contributed by atoms with E-state index in [-0.39, 0.29) is 11.8 Å². The van der Waals surface area contributed by atoms with Gasteiger partial charge in [0.2, 0.25) is 10.0 Å². The molecule has 6 heteroatoms. The largest absolute Gasteiger partial charge is 0.494 e. The molecule has 0 radical (unpaired) electrons. The fraction of sp³-hybridized carbons (Fsp3) is 0.667. The van der Waals surface area contributed by atoms with Crippen LogP contribution in [0.3, 0.4) is 0 Å². The molecule has 0 saturated carbocycles. The fourth-order valence-corrected chi connectivity index (χ4v) is 4.30. The summed E-state index contributed by atoms with van der Waals surface area (Å²) in [4.78, 5) is 2.37. The van der Waals surface area contributed by atoms with Crippen molar-refractivity contribution in [3.63, 3.8) is 0 Å². The lowest BCUT2D eigenvalue weighted by Gasteiger charge is -2.28. The van der Waals surface area contributed by atoms with E-state index in [1.807, 2.05) is 38.1 Å². The zero-order chi connectivity index (χ0) is 17.4. The Morgan fingerprint density at radius 1 is 1.17 bits per heavy atom. The first-order chi connectivity index (χ1) is 11.6. The SMILES string of the molecule is CCCCS(=O)(=O)NCC(c1ccc(OCC)cc1)N1CCCC1. The van der Waals surface area contributed by atoms with Gasteiger partial charge in [0.15, 0.2) is 0 Å². The number of likely N-dealkylation sites (tertiary alicyclic amines) is 1. The molecule has 1 atom stereocenters. The molecule has 0 amide bonds. The molecule has 0 spiro atoms. The minimum Gasteiger partial charge on any atom is -0.494 e. The van der Waals surface area contributed by atoms with Crippen molar-refractivity contribution < 1.29 is 13.2 Å². The highest BCUT2D eigenvalue weighted by atomic mass is 32.2. The highest BCUT2D eigenvalue weighted by Gasteiger charge is 2.25. The number of rotatable bonds is 10. The number of nitrogens with one attached hydrogen (secondary N) is 1. The van der Waals surface area contributed by atoms with Gasteiger partial charge in [-0.2, -0.15) is 0 Å². The maximum atomic E-state index is 12.1. The van der Waals surface area contributed by atoms with E-state index in [0.717, 1.165) is 30.8 Å². The van der Waals surface area contributed by atoms with Crippen LogP contribution in [-0.2, 0) is 10.0 Å². The van der Waals surface area contributed by atoms with Gasteiger partial charge < -0.3 is 4.74 Å². The Kier molecular flexibility index (Phi) is 7.52. The van der Waals surface area contributed by atoms with Crippen LogP contribution in [0.1, 0.15) is 51.1 Å². The third-order valence-electron chi connectivity index (χ3n) is 4.42. The number of ether oxygens (including phenoxy) is 1. The van der Waals surface area contributed by atoms with Gasteiger partial charge in [0.1, 0.15) is 5.75 Å². The van der Waals surface area contributed by atoms with E-state index < -0.39 is 10.0 Å². The second-order valence-corrected chi connectivity index (χ2v) is 8.21. The summed E-state index contributed by atoms with van der Waals surface area (Å²) >= 11 is 0. The number of hydrogen-bond donors (Lipinski definition) is 1. The normalized spacial score (nSPS) is 17.1. The lowest BCUT2D eigenvalue weighted by molar-refractivity contribution is 0.246. The maximum Gasteiger partial charge on any atom is 0.211 e. The summed E-state index contributed by atoms with van der Waals surface area (Å²) in [5.41, 5.74) is 1.14. The van der Waals surface area contributed by atoms with Gasteiger partial charge in [-0.05, 0) is 57.0 Å². The maximum absolute atomic E-state index is 12.1. The van der Waals surface area contributed by atoms with Crippen LogP contribution in [0, 0.1) is 0 Å². The van der Waals surface area contributed by atoms with Gasteiger partial charge in [-0.3, -0.25) is 4.90 Å². The first kappa shape index (κ1) is 19.2. The quantitative estimate of drug-likeness (QED) is 0.702. The monoisotopic (exact) mass is 354 g/mol. The van der Waals surface area contributed by atoms with E-state index >= 15 is 0 Å². The summed E-state index contributed by atoms with van der Waals surface area (Å²) in [6.45, 7) is 7.09. The molecule has 0 aliphatic carbocycles. The number of nitrogens with zero attached hydrogens (tertiary/aromatic N) is 1. The molecule has 1 saturated heterocycles. The van der Waals surface area contributed by atoms with Crippen LogP contribution >= 0.6 is 0 Å². The summed E-state index contributed by atoms with van der Waals surface area (Å²) in [5, 5.41) is 0. The Balaban J connectivity index is 2.07. The van der Waals surface area contributed by atoms with Gasteiger partial charge in [0.05, 0.1) is 12.4 Å². The summed E-state index contributed by atoms with van der Waals surface area (Å²) < 4.78 is 32.6. The van der Waals surface area contributed by atoms with Crippen molar-refractivity contribution in [3.05, 3.63) is 29.8 Å². The molecule has 1 aliphatic rings. The van der Waals surface area contributed by atoms with Gasteiger partial charge in [0.25, 0.3) is 0 Å². The molecular weight excluding hydrogens is 324 g/mol. The summed E-state index contributed by atoms with van der Waals surface area (Å²) in [5.74, 6) is 1.06. The smallest absolute Gasteiger partial charge is 0.211 e. The van der Waals surface area contributed by atoms with E-state index in [0.29, 0.717) is 19.6 Å². The molecule has 1 unspecified atom stereocenters. The number of hydrogen-bond acceptors (Lipinski definition) is 4. The summed E-state index contributed by atoms with van der Waals surface area (Å²) in [6, 6.07) is 8.11. The van der Waals surface area contributed by atoms with Crippen LogP contribution in [0.25, 0.3) is 0 Å². The van der Waals surface area contributed by atoms with E-state index in [9.17, 15) is 8.42 Å². The zero-order valence-electron chi connectivity index (χ0n) is 14.8. The predicted octanol–water partition coefficient (Wildman–Crippen LogP) is 2.94. The van der Waals surface area contributed by atoms with Gasteiger partial charge >= 0.3 is 0 Å². The van der Waals surface area contributed by atoms with Crippen molar-refractivity contribution in [1.29, 1.82) is 0 Å². The van der Waals surface area contributed by atoms with Crippen LogP contribution in [0.5, 0.6) is 5.75 Å². The van der Waals surface area contributed by atoms with Crippen molar-refractivity contribution in [2.24, 2.45) is 0 Å². The first-order valence-corrected chi connectivity index (χ1v) is 10.6. The van der Waals surface area contributed by atoms with Gasteiger partial charge in [0, 0.05) is 12.6 Å². The van der Waals surface area contributed by atoms with E-state index in [1.54, 1.807) is 0 Å². The fourth-order valence-electron chi connectivity index (χ4n) is 3.08. The topological polar surface area (TPSA) is 58.6 Å². The van der Waals surface area contributed by atoms with Crippen molar-refractivity contribution in [2.45, 2.75) is 45.6 Å². The minimum absolute atomic E-state index is 0.0829. The van der Waals surface area contributed by atoms with Crippen molar-refractivity contribution in [1.82, 2.24) is 9.62 Å². The minimum atomic E-state index is -3.19. The Hall–Kier alpha value is -1.11. The molecule has 24 heavy (non-hydrogen) atoms. The van der Waals surface area contributed by atoms with E-state index in [1.165, 1.54) is 12.8 Å². The molecular formula is C18H30N2O3S.